The molecule has 3 aromatic rings. The molecule has 0 amide bonds. The van der Waals surface area contributed by atoms with Crippen LogP contribution in [0.1, 0.15) is 21.5 Å². The van der Waals surface area contributed by atoms with E-state index in [0.29, 0.717) is 22.0 Å². The molecule has 0 spiro atoms. The predicted molar refractivity (Wildman–Crippen MR) is 124 cm³/mol. The normalized spacial score (nSPS) is 10.6. The molecule has 3 rings (SSSR count). The maximum atomic E-state index is 12.5. The highest BCUT2D eigenvalue weighted by molar-refractivity contribution is 9.10. The lowest BCUT2D eigenvalue weighted by Gasteiger charge is -2.10. The number of nitrogens with one attached hydrogen (secondary N) is 2. The minimum absolute atomic E-state index is 0.348. The average Bonchev–Trinajstić information content (AvgIpc) is 2.71. The highest BCUT2D eigenvalue weighted by atomic mass is 79.9. The Morgan fingerprint density at radius 1 is 1.07 bits per heavy atom. The number of hydrazone groups is 1. The molecule has 0 aliphatic rings. The molecule has 0 aliphatic heterocycles. The number of rotatable bonds is 5. The van der Waals surface area contributed by atoms with Crippen molar-refractivity contribution in [2.45, 2.75) is 6.92 Å². The second-order valence-corrected chi connectivity index (χ2v) is 7.40. The fraction of sp³-hybridized carbons (Fsp3) is 0.0455. The predicted octanol–water partition coefficient (Wildman–Crippen LogP) is 5.30. The number of hydrogen-bond acceptors (Lipinski definition) is 4. The second-order valence-electron chi connectivity index (χ2n) is 6.08. The highest BCUT2D eigenvalue weighted by Crippen LogP contribution is 2.23. The number of esters is 1. The van der Waals surface area contributed by atoms with E-state index in [1.54, 1.807) is 36.5 Å². The number of halogens is 1. The summed E-state index contributed by atoms with van der Waals surface area (Å²) in [7, 11) is 0. The van der Waals surface area contributed by atoms with Crippen LogP contribution in [-0.4, -0.2) is 17.3 Å². The topological polar surface area (TPSA) is 62.7 Å². The van der Waals surface area contributed by atoms with E-state index in [4.69, 9.17) is 17.0 Å². The van der Waals surface area contributed by atoms with Crippen LogP contribution >= 0.6 is 28.1 Å². The summed E-state index contributed by atoms with van der Waals surface area (Å²) in [5, 5.41) is 7.52. The van der Waals surface area contributed by atoms with Crippen molar-refractivity contribution in [3.05, 3.63) is 94.0 Å². The van der Waals surface area contributed by atoms with Crippen molar-refractivity contribution in [3.63, 3.8) is 0 Å². The Kier molecular flexibility index (Phi) is 7.10. The fourth-order valence-electron chi connectivity index (χ4n) is 2.51. The van der Waals surface area contributed by atoms with Crippen LogP contribution in [0, 0.1) is 6.92 Å². The number of ether oxygens (including phenoxy) is 1. The first-order valence-corrected chi connectivity index (χ1v) is 9.95. The summed E-state index contributed by atoms with van der Waals surface area (Å²) < 4.78 is 6.43. The smallest absolute Gasteiger partial charge is 0.343 e. The third kappa shape index (κ3) is 5.97. The van der Waals surface area contributed by atoms with Crippen LogP contribution in [0.2, 0.25) is 0 Å². The van der Waals surface area contributed by atoms with E-state index < -0.39 is 5.97 Å². The summed E-state index contributed by atoms with van der Waals surface area (Å²) >= 11 is 8.65. The molecular formula is C22H18BrN3O2S. The molecule has 0 heterocycles. The van der Waals surface area contributed by atoms with E-state index in [9.17, 15) is 4.79 Å². The third-order valence-corrected chi connectivity index (χ3v) is 4.63. The molecule has 5 nitrogen and oxygen atoms in total. The quantitative estimate of drug-likeness (QED) is 0.175. The second kappa shape index (κ2) is 9.95. The van der Waals surface area contributed by atoms with Crippen LogP contribution in [0.25, 0.3) is 0 Å². The minimum Gasteiger partial charge on any atom is -0.422 e. The van der Waals surface area contributed by atoms with E-state index in [0.717, 1.165) is 15.7 Å². The van der Waals surface area contributed by atoms with Crippen molar-refractivity contribution < 1.29 is 9.53 Å². The lowest BCUT2D eigenvalue weighted by atomic mass is 10.1. The highest BCUT2D eigenvalue weighted by Gasteiger charge is 2.13. The van der Waals surface area contributed by atoms with Gasteiger partial charge in [-0.1, -0.05) is 52.3 Å². The molecule has 0 aliphatic carbocycles. The van der Waals surface area contributed by atoms with Gasteiger partial charge in [0.05, 0.1) is 11.8 Å². The van der Waals surface area contributed by atoms with E-state index in [1.807, 2.05) is 49.4 Å². The summed E-state index contributed by atoms with van der Waals surface area (Å²) in [6.07, 6.45) is 1.55. The zero-order chi connectivity index (χ0) is 20.6. The number of para-hydroxylation sites is 1. The molecule has 29 heavy (non-hydrogen) atoms. The Morgan fingerprint density at radius 2 is 1.79 bits per heavy atom. The molecule has 0 saturated carbocycles. The van der Waals surface area contributed by atoms with E-state index >= 15 is 0 Å². The van der Waals surface area contributed by atoms with Crippen LogP contribution in [-0.2, 0) is 0 Å². The molecule has 0 atom stereocenters. The molecule has 0 saturated heterocycles. The van der Waals surface area contributed by atoms with E-state index in [-0.39, 0.29) is 0 Å². The maximum Gasteiger partial charge on any atom is 0.343 e. The third-order valence-electron chi connectivity index (χ3n) is 3.94. The minimum atomic E-state index is -0.422. The Bertz CT molecular complexity index is 1050. The Hall–Kier alpha value is -3.03. The van der Waals surface area contributed by atoms with Gasteiger partial charge in [0.1, 0.15) is 5.75 Å². The number of carbonyl (C=O) groups excluding carboxylic acids is 1. The molecule has 0 bridgehead atoms. The van der Waals surface area contributed by atoms with Gasteiger partial charge in [0.25, 0.3) is 0 Å². The zero-order valence-corrected chi connectivity index (χ0v) is 18.0. The Labute approximate surface area is 182 Å². The number of carbonyl (C=O) groups is 1. The number of hydrogen-bond donors (Lipinski definition) is 2. The molecule has 2 N–H and O–H groups in total. The zero-order valence-electron chi connectivity index (χ0n) is 15.6. The number of benzene rings is 3. The number of anilines is 1. The molecule has 146 valence electrons. The van der Waals surface area contributed by atoms with E-state index in [1.165, 1.54) is 0 Å². The molecule has 0 fully saturated rings. The van der Waals surface area contributed by atoms with Gasteiger partial charge in [-0.05, 0) is 61.1 Å². The first-order valence-electron chi connectivity index (χ1n) is 8.75. The summed E-state index contributed by atoms with van der Waals surface area (Å²) in [4.78, 5) is 12.5. The van der Waals surface area contributed by atoms with Crippen molar-refractivity contribution in [2.75, 3.05) is 5.32 Å². The maximum absolute atomic E-state index is 12.5. The standard InChI is InChI=1S/C22H18BrN3O2S/c1-15-7-5-6-10-19(15)21(27)28-20-12-11-17(23)13-16(20)14-24-26-22(29)25-18-8-3-2-4-9-18/h2-14H,1H3,(H2,25,26,29). The lowest BCUT2D eigenvalue weighted by Crippen LogP contribution is -2.23. The van der Waals surface area contributed by atoms with Gasteiger partial charge in [-0.15, -0.1) is 0 Å². The Morgan fingerprint density at radius 3 is 2.55 bits per heavy atom. The molecule has 3 aromatic carbocycles. The van der Waals surface area contributed by atoms with Crippen LogP contribution in [0.3, 0.4) is 0 Å². The summed E-state index contributed by atoms with van der Waals surface area (Å²) in [5.41, 5.74) is 5.60. The van der Waals surface area contributed by atoms with Crippen LogP contribution < -0.4 is 15.5 Å². The van der Waals surface area contributed by atoms with Crippen molar-refractivity contribution in [1.82, 2.24) is 5.43 Å². The van der Waals surface area contributed by atoms with Crippen LogP contribution in [0.15, 0.2) is 82.4 Å². The van der Waals surface area contributed by atoms with Crippen LogP contribution in [0.4, 0.5) is 5.69 Å². The fourth-order valence-corrected chi connectivity index (χ4v) is 3.06. The lowest BCUT2D eigenvalue weighted by molar-refractivity contribution is 0.0733. The van der Waals surface area contributed by atoms with Crippen molar-refractivity contribution in [1.29, 1.82) is 0 Å². The first kappa shape index (κ1) is 20.7. The van der Waals surface area contributed by atoms with Gasteiger partial charge in [0.2, 0.25) is 0 Å². The molecule has 0 unspecified atom stereocenters. The molecule has 7 heteroatoms. The number of aryl methyl sites for hydroxylation is 1. The van der Waals surface area contributed by atoms with Crippen molar-refractivity contribution in [2.24, 2.45) is 5.10 Å². The first-order chi connectivity index (χ1) is 14.0. The van der Waals surface area contributed by atoms with Gasteiger partial charge in [-0.2, -0.15) is 5.10 Å². The van der Waals surface area contributed by atoms with Gasteiger partial charge in [-0.3, -0.25) is 5.43 Å². The SMILES string of the molecule is Cc1ccccc1C(=O)Oc1ccc(Br)cc1C=NNC(=S)Nc1ccccc1. The number of nitrogens with zero attached hydrogens (tertiary/aromatic N) is 1. The van der Waals surface area contributed by atoms with Gasteiger partial charge in [0.15, 0.2) is 5.11 Å². The monoisotopic (exact) mass is 467 g/mol. The summed E-state index contributed by atoms with van der Waals surface area (Å²) in [5.74, 6) is -0.0248. The molecule has 0 aromatic heterocycles. The van der Waals surface area contributed by atoms with Crippen molar-refractivity contribution in [3.8, 4) is 5.75 Å². The van der Waals surface area contributed by atoms with E-state index in [2.05, 4.69) is 31.8 Å². The molecule has 0 radical (unpaired) electrons. The molecular weight excluding hydrogens is 450 g/mol. The Balaban J connectivity index is 1.70. The van der Waals surface area contributed by atoms with Gasteiger partial charge in [-0.25, -0.2) is 4.79 Å². The van der Waals surface area contributed by atoms with Gasteiger partial charge < -0.3 is 10.1 Å². The summed E-state index contributed by atoms with van der Waals surface area (Å²) in [6.45, 7) is 1.87. The van der Waals surface area contributed by atoms with Gasteiger partial charge in [0, 0.05) is 15.7 Å². The summed E-state index contributed by atoms with van der Waals surface area (Å²) in [6, 6.07) is 22.1. The van der Waals surface area contributed by atoms with Crippen LogP contribution in [0.5, 0.6) is 5.75 Å². The number of thiocarbonyl (C=S) groups is 1. The van der Waals surface area contributed by atoms with Gasteiger partial charge >= 0.3 is 5.97 Å². The van der Waals surface area contributed by atoms with Crippen molar-refractivity contribution >= 4 is 51.1 Å². The largest absolute Gasteiger partial charge is 0.422 e. The average molecular weight is 468 g/mol.